The van der Waals surface area contributed by atoms with Crippen molar-refractivity contribution in [2.75, 3.05) is 25.1 Å². The number of anilines is 1. The Bertz CT molecular complexity index is 804. The number of allylic oxidation sites excluding steroid dienone is 1. The Morgan fingerprint density at radius 1 is 1.50 bits per heavy atom. The minimum absolute atomic E-state index is 0.104. The number of ether oxygens (including phenoxy) is 1. The van der Waals surface area contributed by atoms with Crippen LogP contribution in [0.1, 0.15) is 38.3 Å². The van der Waals surface area contributed by atoms with Crippen LogP contribution in [0, 0.1) is 16.7 Å². The fraction of sp³-hybridized carbons (Fsp3) is 0.400. The smallest absolute Gasteiger partial charge is 0.166 e. The first-order valence-electron chi connectivity index (χ1n) is 9.02. The summed E-state index contributed by atoms with van der Waals surface area (Å²) in [6.45, 7) is 11.0. The molecule has 1 heterocycles. The zero-order valence-corrected chi connectivity index (χ0v) is 16.7. The van der Waals surface area contributed by atoms with Crippen molar-refractivity contribution in [3.05, 3.63) is 42.1 Å². The van der Waals surface area contributed by atoms with E-state index < -0.39 is 5.41 Å². The summed E-state index contributed by atoms with van der Waals surface area (Å²) in [7, 11) is 0. The quantitative estimate of drug-likeness (QED) is 0.262. The fourth-order valence-electron chi connectivity index (χ4n) is 2.38. The molecular weight excluding hydrogens is 354 g/mol. The Labute approximate surface area is 166 Å². The van der Waals surface area contributed by atoms with Crippen molar-refractivity contribution in [3.8, 4) is 6.07 Å². The van der Waals surface area contributed by atoms with E-state index in [0.717, 1.165) is 6.42 Å². The van der Waals surface area contributed by atoms with Crippen molar-refractivity contribution >= 4 is 23.2 Å². The van der Waals surface area contributed by atoms with E-state index in [1.807, 2.05) is 6.92 Å². The molecule has 0 spiro atoms. The summed E-state index contributed by atoms with van der Waals surface area (Å²) in [4.78, 5) is 8.78. The summed E-state index contributed by atoms with van der Waals surface area (Å²) >= 11 is 0. The van der Waals surface area contributed by atoms with E-state index in [2.05, 4.69) is 27.9 Å². The van der Waals surface area contributed by atoms with Crippen LogP contribution in [0.25, 0.3) is 0 Å². The topological polar surface area (TPSA) is 146 Å². The van der Waals surface area contributed by atoms with Gasteiger partial charge in [0.1, 0.15) is 11.7 Å². The number of rotatable bonds is 11. The van der Waals surface area contributed by atoms with E-state index in [0.29, 0.717) is 36.7 Å². The first kappa shape index (κ1) is 22.9. The SMILES string of the molecule is C=CC(=N)c1c(C(C)(C)C#N)cc(NCCOCCC)nc1N=C(N)/C=C\N. The average molecular weight is 384 g/mol. The molecule has 0 aliphatic heterocycles. The van der Waals surface area contributed by atoms with E-state index in [1.165, 1.54) is 18.4 Å². The lowest BCUT2D eigenvalue weighted by atomic mass is 9.82. The highest BCUT2D eigenvalue weighted by molar-refractivity contribution is 6.11. The van der Waals surface area contributed by atoms with Crippen LogP contribution in [-0.4, -0.2) is 36.3 Å². The molecule has 0 aromatic carbocycles. The largest absolute Gasteiger partial charge is 0.404 e. The molecule has 0 fully saturated rings. The molecule has 0 saturated carbocycles. The lowest BCUT2D eigenvalue weighted by Gasteiger charge is -2.22. The first-order valence-corrected chi connectivity index (χ1v) is 9.02. The molecular formula is C20H29N7O. The highest BCUT2D eigenvalue weighted by Crippen LogP contribution is 2.33. The van der Waals surface area contributed by atoms with Gasteiger partial charge in [0, 0.05) is 18.7 Å². The lowest BCUT2D eigenvalue weighted by Crippen LogP contribution is -2.21. The zero-order valence-electron chi connectivity index (χ0n) is 16.7. The molecule has 0 amide bonds. The van der Waals surface area contributed by atoms with Crippen molar-refractivity contribution in [2.45, 2.75) is 32.6 Å². The maximum absolute atomic E-state index is 9.65. The van der Waals surface area contributed by atoms with Crippen molar-refractivity contribution < 1.29 is 4.74 Å². The van der Waals surface area contributed by atoms with Gasteiger partial charge in [-0.2, -0.15) is 5.26 Å². The van der Waals surface area contributed by atoms with Gasteiger partial charge in [0.25, 0.3) is 0 Å². The van der Waals surface area contributed by atoms with Gasteiger partial charge < -0.3 is 26.9 Å². The summed E-state index contributed by atoms with van der Waals surface area (Å²) in [5, 5.41) is 21.1. The molecule has 1 rings (SSSR count). The molecule has 28 heavy (non-hydrogen) atoms. The number of hydrogen-bond donors (Lipinski definition) is 4. The molecule has 0 aliphatic rings. The summed E-state index contributed by atoms with van der Waals surface area (Å²) in [5.74, 6) is 0.873. The van der Waals surface area contributed by atoms with Crippen LogP contribution < -0.4 is 16.8 Å². The predicted octanol–water partition coefficient (Wildman–Crippen LogP) is 2.74. The molecule has 1 aromatic heterocycles. The van der Waals surface area contributed by atoms with Crippen molar-refractivity contribution in [3.63, 3.8) is 0 Å². The molecule has 0 unspecified atom stereocenters. The van der Waals surface area contributed by atoms with E-state index in [1.54, 1.807) is 19.9 Å². The maximum atomic E-state index is 9.65. The van der Waals surface area contributed by atoms with Crippen LogP contribution in [0.5, 0.6) is 0 Å². The minimum atomic E-state index is -0.883. The molecule has 8 nitrogen and oxygen atoms in total. The first-order chi connectivity index (χ1) is 13.3. The number of amidine groups is 1. The van der Waals surface area contributed by atoms with Crippen molar-refractivity contribution in [1.29, 1.82) is 10.7 Å². The third kappa shape index (κ3) is 6.21. The highest BCUT2D eigenvalue weighted by atomic mass is 16.5. The number of nitriles is 1. The van der Waals surface area contributed by atoms with Crippen LogP contribution in [0.4, 0.5) is 11.6 Å². The molecule has 0 bridgehead atoms. The number of hydrogen-bond acceptors (Lipinski definition) is 7. The van der Waals surface area contributed by atoms with Crippen LogP contribution in [0.2, 0.25) is 0 Å². The Morgan fingerprint density at radius 2 is 2.21 bits per heavy atom. The molecule has 0 radical (unpaired) electrons. The van der Waals surface area contributed by atoms with Crippen LogP contribution in [0.3, 0.4) is 0 Å². The molecule has 0 atom stereocenters. The minimum Gasteiger partial charge on any atom is -0.404 e. The number of aromatic nitrogens is 1. The van der Waals surface area contributed by atoms with Crippen LogP contribution in [0.15, 0.2) is 36.0 Å². The Hall–Kier alpha value is -3.18. The predicted molar refractivity (Wildman–Crippen MR) is 114 cm³/mol. The van der Waals surface area contributed by atoms with E-state index in [-0.39, 0.29) is 17.4 Å². The lowest BCUT2D eigenvalue weighted by molar-refractivity contribution is 0.144. The Balaban J connectivity index is 3.51. The number of nitrogens with zero attached hydrogens (tertiary/aromatic N) is 3. The molecule has 6 N–H and O–H groups in total. The number of aliphatic imine (C=N–C) groups is 1. The average Bonchev–Trinajstić information content (AvgIpc) is 2.67. The van der Waals surface area contributed by atoms with Crippen molar-refractivity contribution in [2.24, 2.45) is 16.5 Å². The molecule has 8 heteroatoms. The monoisotopic (exact) mass is 383 g/mol. The normalized spacial score (nSPS) is 12.0. The van der Waals surface area contributed by atoms with E-state index in [4.69, 9.17) is 21.6 Å². The van der Waals surface area contributed by atoms with Gasteiger partial charge in [0.15, 0.2) is 5.82 Å². The Kier molecular flexibility index (Phi) is 8.85. The number of nitrogens with two attached hydrogens (primary N) is 2. The van der Waals surface area contributed by atoms with Crippen LogP contribution in [-0.2, 0) is 10.2 Å². The number of pyridine rings is 1. The van der Waals surface area contributed by atoms with Gasteiger partial charge in [-0.25, -0.2) is 9.98 Å². The van der Waals surface area contributed by atoms with Gasteiger partial charge >= 0.3 is 0 Å². The Morgan fingerprint density at radius 3 is 2.79 bits per heavy atom. The van der Waals surface area contributed by atoms with Gasteiger partial charge in [-0.15, -0.1) is 0 Å². The summed E-state index contributed by atoms with van der Waals surface area (Å²) in [5.41, 5.74) is 11.5. The van der Waals surface area contributed by atoms with Crippen LogP contribution >= 0.6 is 0 Å². The summed E-state index contributed by atoms with van der Waals surface area (Å²) in [6.07, 6.45) is 5.03. The second-order valence-electron chi connectivity index (χ2n) is 6.54. The fourth-order valence-corrected chi connectivity index (χ4v) is 2.38. The second kappa shape index (κ2) is 10.8. The maximum Gasteiger partial charge on any atom is 0.166 e. The van der Waals surface area contributed by atoms with Crippen molar-refractivity contribution in [1.82, 2.24) is 4.98 Å². The molecule has 1 aromatic rings. The zero-order chi connectivity index (χ0) is 21.2. The van der Waals surface area contributed by atoms with E-state index >= 15 is 0 Å². The summed E-state index contributed by atoms with van der Waals surface area (Å²) in [6, 6.07) is 4.02. The second-order valence-corrected chi connectivity index (χ2v) is 6.54. The third-order valence-corrected chi connectivity index (χ3v) is 3.83. The van der Waals surface area contributed by atoms with E-state index in [9.17, 15) is 5.26 Å². The number of nitrogens with one attached hydrogen (secondary N) is 2. The third-order valence-electron chi connectivity index (χ3n) is 3.83. The summed E-state index contributed by atoms with van der Waals surface area (Å²) < 4.78 is 5.47. The van der Waals surface area contributed by atoms with Gasteiger partial charge in [0.05, 0.1) is 23.8 Å². The van der Waals surface area contributed by atoms with Gasteiger partial charge in [0.2, 0.25) is 0 Å². The molecule has 0 aliphatic carbocycles. The van der Waals surface area contributed by atoms with Gasteiger partial charge in [-0.1, -0.05) is 13.5 Å². The van der Waals surface area contributed by atoms with Gasteiger partial charge in [-0.05, 0) is 50.3 Å². The van der Waals surface area contributed by atoms with Gasteiger partial charge in [-0.3, -0.25) is 0 Å². The highest BCUT2D eigenvalue weighted by Gasteiger charge is 2.28. The molecule has 0 saturated heterocycles. The standard InChI is InChI=1S/C20H29N7O/c1-5-10-28-11-9-25-17-12-14(20(3,4)13-22)18(15(23)6-2)19(27-17)26-16(24)7-8-21/h6-8,12,23H,2,5,9-11,21H2,1,3-4H3,(H3,24,25,26,27)/b8-7-,23-15?. The molecule has 150 valence electrons.